The molecule has 0 aliphatic carbocycles. The molecule has 0 spiro atoms. The summed E-state index contributed by atoms with van der Waals surface area (Å²) in [7, 11) is 3.78. The number of benzene rings is 1. The Morgan fingerprint density at radius 3 is 3.11 bits per heavy atom. The third-order valence-electron chi connectivity index (χ3n) is 3.77. The number of fused-ring (bicyclic) bond motifs is 1. The minimum atomic E-state index is 0.586. The largest absolute Gasteiger partial charge is 0.497 e. The van der Waals surface area contributed by atoms with E-state index in [-0.39, 0.29) is 0 Å². The lowest BCUT2D eigenvalue weighted by atomic mass is 10.1. The Kier molecular flexibility index (Phi) is 2.96. The second-order valence-electron chi connectivity index (χ2n) is 4.94. The second-order valence-corrected chi connectivity index (χ2v) is 4.94. The number of nitrogens with zero attached hydrogens (tertiary/aromatic N) is 2. The molecule has 1 fully saturated rings. The Bertz CT molecular complexity index is 555. The van der Waals surface area contributed by atoms with Gasteiger partial charge in [0.15, 0.2) is 0 Å². The number of hydrogen-bond donors (Lipinski definition) is 1. The van der Waals surface area contributed by atoms with Crippen LogP contribution in [0.15, 0.2) is 18.2 Å². The molecule has 0 radical (unpaired) electrons. The maximum Gasteiger partial charge on any atom is 0.121 e. The SMILES string of the molecule is COc1ccc2nc(CC3CCCN3)n(C)c2c1. The van der Waals surface area contributed by atoms with Crippen molar-refractivity contribution >= 4 is 11.0 Å². The third-order valence-corrected chi connectivity index (χ3v) is 3.77. The van der Waals surface area contributed by atoms with Gasteiger partial charge in [-0.25, -0.2) is 4.98 Å². The minimum absolute atomic E-state index is 0.586. The van der Waals surface area contributed by atoms with E-state index in [1.165, 1.54) is 12.8 Å². The van der Waals surface area contributed by atoms with Crippen LogP contribution in [0.1, 0.15) is 18.7 Å². The molecule has 1 aromatic heterocycles. The van der Waals surface area contributed by atoms with Crippen molar-refractivity contribution in [3.63, 3.8) is 0 Å². The summed E-state index contributed by atoms with van der Waals surface area (Å²) in [5.41, 5.74) is 2.19. The van der Waals surface area contributed by atoms with E-state index in [0.29, 0.717) is 6.04 Å². The Labute approximate surface area is 107 Å². The zero-order valence-corrected chi connectivity index (χ0v) is 10.9. The molecule has 2 heterocycles. The highest BCUT2D eigenvalue weighted by molar-refractivity contribution is 5.77. The average molecular weight is 245 g/mol. The van der Waals surface area contributed by atoms with Crippen LogP contribution in [-0.2, 0) is 13.5 Å². The van der Waals surface area contributed by atoms with Crippen LogP contribution in [0.25, 0.3) is 11.0 Å². The lowest BCUT2D eigenvalue weighted by molar-refractivity contribution is 0.415. The summed E-state index contributed by atoms with van der Waals surface area (Å²) in [4.78, 5) is 4.72. The molecule has 96 valence electrons. The van der Waals surface area contributed by atoms with E-state index >= 15 is 0 Å². The van der Waals surface area contributed by atoms with Crippen LogP contribution in [0.4, 0.5) is 0 Å². The lowest BCUT2D eigenvalue weighted by Gasteiger charge is -2.09. The Balaban J connectivity index is 1.94. The van der Waals surface area contributed by atoms with E-state index in [1.807, 2.05) is 18.2 Å². The maximum absolute atomic E-state index is 5.27. The predicted molar refractivity (Wildman–Crippen MR) is 72.0 cm³/mol. The highest BCUT2D eigenvalue weighted by atomic mass is 16.5. The highest BCUT2D eigenvalue weighted by Gasteiger charge is 2.18. The van der Waals surface area contributed by atoms with E-state index in [0.717, 1.165) is 35.6 Å². The third kappa shape index (κ3) is 1.97. The van der Waals surface area contributed by atoms with Gasteiger partial charge in [-0.3, -0.25) is 0 Å². The molecule has 1 N–H and O–H groups in total. The summed E-state index contributed by atoms with van der Waals surface area (Å²) < 4.78 is 7.44. The van der Waals surface area contributed by atoms with Gasteiger partial charge >= 0.3 is 0 Å². The van der Waals surface area contributed by atoms with E-state index in [9.17, 15) is 0 Å². The molecule has 1 aliphatic rings. The first-order valence-electron chi connectivity index (χ1n) is 6.50. The van der Waals surface area contributed by atoms with Gasteiger partial charge in [-0.1, -0.05) is 0 Å². The molecule has 1 saturated heterocycles. The lowest BCUT2D eigenvalue weighted by Crippen LogP contribution is -2.25. The van der Waals surface area contributed by atoms with Crippen LogP contribution < -0.4 is 10.1 Å². The van der Waals surface area contributed by atoms with Crippen molar-refractivity contribution in [2.75, 3.05) is 13.7 Å². The van der Waals surface area contributed by atoms with Crippen LogP contribution in [0, 0.1) is 0 Å². The van der Waals surface area contributed by atoms with Crippen molar-refractivity contribution in [2.45, 2.75) is 25.3 Å². The number of methoxy groups -OCH3 is 1. The molecule has 0 amide bonds. The first-order valence-corrected chi connectivity index (χ1v) is 6.50. The standard InChI is InChI=1S/C14H19N3O/c1-17-13-9-11(18-2)5-6-12(13)16-14(17)8-10-4-3-7-15-10/h5-6,9-10,15H,3-4,7-8H2,1-2H3. The van der Waals surface area contributed by atoms with Crippen molar-refractivity contribution in [1.29, 1.82) is 0 Å². The van der Waals surface area contributed by atoms with E-state index in [4.69, 9.17) is 9.72 Å². The van der Waals surface area contributed by atoms with E-state index in [2.05, 4.69) is 16.9 Å². The molecule has 1 aromatic carbocycles. The molecule has 2 aromatic rings. The van der Waals surface area contributed by atoms with Crippen molar-refractivity contribution in [3.05, 3.63) is 24.0 Å². The molecule has 1 unspecified atom stereocenters. The van der Waals surface area contributed by atoms with Gasteiger partial charge in [0.25, 0.3) is 0 Å². The average Bonchev–Trinajstić information content (AvgIpc) is 2.99. The molecule has 0 saturated carbocycles. The van der Waals surface area contributed by atoms with Crippen LogP contribution in [-0.4, -0.2) is 29.2 Å². The van der Waals surface area contributed by atoms with Gasteiger partial charge in [0.1, 0.15) is 11.6 Å². The predicted octanol–water partition coefficient (Wildman–Crippen LogP) is 1.88. The van der Waals surface area contributed by atoms with Gasteiger partial charge in [-0.05, 0) is 31.5 Å². The minimum Gasteiger partial charge on any atom is -0.497 e. The van der Waals surface area contributed by atoms with Crippen LogP contribution in [0.2, 0.25) is 0 Å². The number of aryl methyl sites for hydroxylation is 1. The fourth-order valence-electron chi connectivity index (χ4n) is 2.68. The number of nitrogens with one attached hydrogen (secondary N) is 1. The second kappa shape index (κ2) is 4.61. The zero-order valence-electron chi connectivity index (χ0n) is 10.9. The summed E-state index contributed by atoms with van der Waals surface area (Å²) >= 11 is 0. The number of aromatic nitrogens is 2. The topological polar surface area (TPSA) is 39.1 Å². The van der Waals surface area contributed by atoms with Gasteiger partial charge in [0.05, 0.1) is 18.1 Å². The van der Waals surface area contributed by atoms with Gasteiger partial charge in [-0.15, -0.1) is 0 Å². The number of ether oxygens (including phenoxy) is 1. The van der Waals surface area contributed by atoms with Gasteiger partial charge < -0.3 is 14.6 Å². The number of imidazole rings is 1. The molecule has 18 heavy (non-hydrogen) atoms. The quantitative estimate of drug-likeness (QED) is 0.897. The summed E-state index contributed by atoms with van der Waals surface area (Å²) in [5, 5.41) is 3.52. The van der Waals surface area contributed by atoms with Crippen LogP contribution in [0.5, 0.6) is 5.75 Å². The summed E-state index contributed by atoms with van der Waals surface area (Å²) in [6, 6.07) is 6.63. The Hall–Kier alpha value is -1.55. The fraction of sp³-hybridized carbons (Fsp3) is 0.500. The molecule has 3 rings (SSSR count). The molecule has 4 nitrogen and oxygen atoms in total. The van der Waals surface area contributed by atoms with Crippen LogP contribution >= 0.6 is 0 Å². The van der Waals surface area contributed by atoms with Crippen molar-refractivity contribution in [3.8, 4) is 5.75 Å². The summed E-state index contributed by atoms with van der Waals surface area (Å²) in [6.45, 7) is 1.14. The number of hydrogen-bond acceptors (Lipinski definition) is 3. The molecule has 0 bridgehead atoms. The Morgan fingerprint density at radius 1 is 1.50 bits per heavy atom. The Morgan fingerprint density at radius 2 is 2.39 bits per heavy atom. The van der Waals surface area contributed by atoms with Gasteiger partial charge in [0.2, 0.25) is 0 Å². The normalized spacial score (nSPS) is 19.6. The zero-order chi connectivity index (χ0) is 12.5. The first-order chi connectivity index (χ1) is 8.78. The van der Waals surface area contributed by atoms with Gasteiger partial charge in [-0.2, -0.15) is 0 Å². The molecular weight excluding hydrogens is 226 g/mol. The van der Waals surface area contributed by atoms with Crippen molar-refractivity contribution in [1.82, 2.24) is 14.9 Å². The molecule has 4 heteroatoms. The number of rotatable bonds is 3. The molecule has 1 aliphatic heterocycles. The van der Waals surface area contributed by atoms with E-state index in [1.54, 1.807) is 7.11 Å². The van der Waals surface area contributed by atoms with Crippen LogP contribution in [0.3, 0.4) is 0 Å². The summed E-state index contributed by atoms with van der Waals surface area (Å²) in [5.74, 6) is 2.04. The highest BCUT2D eigenvalue weighted by Crippen LogP contribution is 2.22. The van der Waals surface area contributed by atoms with Crippen molar-refractivity contribution in [2.24, 2.45) is 7.05 Å². The van der Waals surface area contributed by atoms with E-state index < -0.39 is 0 Å². The smallest absolute Gasteiger partial charge is 0.121 e. The maximum atomic E-state index is 5.27. The molecule has 1 atom stereocenters. The summed E-state index contributed by atoms with van der Waals surface area (Å²) in [6.07, 6.45) is 3.54. The van der Waals surface area contributed by atoms with Crippen molar-refractivity contribution < 1.29 is 4.74 Å². The monoisotopic (exact) mass is 245 g/mol. The first kappa shape index (κ1) is 11.5. The molecular formula is C14H19N3O. The fourth-order valence-corrected chi connectivity index (χ4v) is 2.68. The van der Waals surface area contributed by atoms with Gasteiger partial charge in [0, 0.05) is 25.6 Å².